The lowest BCUT2D eigenvalue weighted by Crippen LogP contribution is -2.44. The van der Waals surface area contributed by atoms with Gasteiger partial charge in [-0.3, -0.25) is 14.4 Å². The van der Waals surface area contributed by atoms with Gasteiger partial charge in [0.05, 0.1) is 26.1 Å². The topological polar surface area (TPSA) is 104 Å². The highest BCUT2D eigenvalue weighted by atomic mass is 16.5. The summed E-state index contributed by atoms with van der Waals surface area (Å²) >= 11 is 0. The van der Waals surface area contributed by atoms with E-state index < -0.39 is 0 Å². The molecule has 0 aliphatic carbocycles. The van der Waals surface area contributed by atoms with Crippen molar-refractivity contribution in [1.29, 1.82) is 0 Å². The van der Waals surface area contributed by atoms with Crippen molar-refractivity contribution in [2.45, 2.75) is 31.7 Å². The number of H-pyrrole nitrogens is 1. The second-order valence-electron chi connectivity index (χ2n) is 8.45. The molecule has 3 aromatic rings. The van der Waals surface area contributed by atoms with E-state index in [0.29, 0.717) is 24.5 Å². The van der Waals surface area contributed by atoms with Crippen molar-refractivity contribution < 1.29 is 19.1 Å². The van der Waals surface area contributed by atoms with E-state index >= 15 is 0 Å². The maximum absolute atomic E-state index is 13.3. The number of hydrogen-bond donors (Lipinski definition) is 3. The van der Waals surface area contributed by atoms with Crippen LogP contribution in [0.5, 0.6) is 5.75 Å². The van der Waals surface area contributed by atoms with Crippen molar-refractivity contribution in [3.63, 3.8) is 0 Å². The second-order valence-corrected chi connectivity index (χ2v) is 8.45. The Morgan fingerprint density at radius 2 is 1.91 bits per heavy atom. The SMILES string of the molecule is COc1ccc2[nH]c(C(=O)NCC(=O)N3CCCCCNC(=O)CC3c3ccccc3)cc2c1. The van der Waals surface area contributed by atoms with E-state index in [-0.39, 0.29) is 36.7 Å². The number of fused-ring (bicyclic) bond motifs is 1. The summed E-state index contributed by atoms with van der Waals surface area (Å²) in [4.78, 5) is 43.4. The van der Waals surface area contributed by atoms with Crippen LogP contribution in [-0.4, -0.2) is 54.3 Å². The molecule has 1 aliphatic heterocycles. The van der Waals surface area contributed by atoms with Gasteiger partial charge in [0.1, 0.15) is 11.4 Å². The zero-order chi connectivity index (χ0) is 23.9. The summed E-state index contributed by atoms with van der Waals surface area (Å²) in [6.45, 7) is 1.04. The summed E-state index contributed by atoms with van der Waals surface area (Å²) in [6.07, 6.45) is 2.82. The van der Waals surface area contributed by atoms with Crippen LogP contribution >= 0.6 is 0 Å². The highest BCUT2D eigenvalue weighted by Gasteiger charge is 2.28. The van der Waals surface area contributed by atoms with E-state index in [2.05, 4.69) is 15.6 Å². The largest absolute Gasteiger partial charge is 0.497 e. The van der Waals surface area contributed by atoms with Crippen LogP contribution in [0.25, 0.3) is 10.9 Å². The van der Waals surface area contributed by atoms with E-state index in [9.17, 15) is 14.4 Å². The van der Waals surface area contributed by atoms with Gasteiger partial charge in [-0.2, -0.15) is 0 Å². The molecule has 0 bridgehead atoms. The van der Waals surface area contributed by atoms with Crippen LogP contribution < -0.4 is 15.4 Å². The van der Waals surface area contributed by atoms with Gasteiger partial charge in [0.25, 0.3) is 5.91 Å². The van der Waals surface area contributed by atoms with Gasteiger partial charge in [0, 0.05) is 24.0 Å². The standard InChI is InChI=1S/C26H30N4O4/c1-34-20-10-11-21-19(14-20)15-22(29-21)26(33)28-17-25(32)30-13-7-3-6-12-27-24(31)16-23(30)18-8-4-2-5-9-18/h2,4-5,8-11,14-15,23,29H,3,6-7,12-13,16-17H2,1H3,(H,27,31)(H,28,33). The minimum Gasteiger partial charge on any atom is -0.497 e. The van der Waals surface area contributed by atoms with E-state index in [1.807, 2.05) is 48.5 Å². The number of ether oxygens (including phenoxy) is 1. The molecule has 4 rings (SSSR count). The number of aromatic nitrogens is 1. The fourth-order valence-electron chi connectivity index (χ4n) is 4.31. The fourth-order valence-corrected chi connectivity index (χ4v) is 4.31. The molecule has 34 heavy (non-hydrogen) atoms. The molecular formula is C26H30N4O4. The molecule has 3 amide bonds. The Morgan fingerprint density at radius 1 is 1.09 bits per heavy atom. The Bertz CT molecular complexity index is 1160. The number of methoxy groups -OCH3 is 1. The minimum atomic E-state index is -0.385. The van der Waals surface area contributed by atoms with Gasteiger partial charge in [-0.05, 0) is 49.1 Å². The first kappa shape index (κ1) is 23.4. The molecule has 0 saturated carbocycles. The smallest absolute Gasteiger partial charge is 0.268 e. The predicted molar refractivity (Wildman–Crippen MR) is 130 cm³/mol. The molecule has 2 aromatic carbocycles. The van der Waals surface area contributed by atoms with Crippen molar-refractivity contribution in [3.8, 4) is 5.75 Å². The third kappa shape index (κ3) is 5.57. The molecule has 1 aliphatic rings. The van der Waals surface area contributed by atoms with Crippen molar-refractivity contribution in [1.82, 2.24) is 20.5 Å². The average molecular weight is 463 g/mol. The first-order chi connectivity index (χ1) is 16.5. The molecule has 3 N–H and O–H groups in total. The van der Waals surface area contributed by atoms with E-state index in [0.717, 1.165) is 35.7 Å². The summed E-state index contributed by atoms with van der Waals surface area (Å²) in [5, 5.41) is 6.53. The van der Waals surface area contributed by atoms with Crippen LogP contribution in [0, 0.1) is 0 Å². The van der Waals surface area contributed by atoms with Gasteiger partial charge in [-0.1, -0.05) is 30.3 Å². The Labute approximate surface area is 198 Å². The van der Waals surface area contributed by atoms with Gasteiger partial charge in [0.15, 0.2) is 0 Å². The molecule has 1 saturated heterocycles. The number of nitrogens with zero attached hydrogens (tertiary/aromatic N) is 1. The molecular weight excluding hydrogens is 432 g/mol. The maximum atomic E-state index is 13.3. The number of carbonyl (C=O) groups is 3. The number of hydrogen-bond acceptors (Lipinski definition) is 4. The van der Waals surface area contributed by atoms with Crippen molar-refractivity contribution in [2.24, 2.45) is 0 Å². The highest BCUT2D eigenvalue weighted by molar-refractivity contribution is 5.99. The van der Waals surface area contributed by atoms with Crippen LogP contribution in [0.3, 0.4) is 0 Å². The zero-order valence-electron chi connectivity index (χ0n) is 19.3. The maximum Gasteiger partial charge on any atom is 0.268 e. The van der Waals surface area contributed by atoms with Gasteiger partial charge >= 0.3 is 0 Å². The second kappa shape index (κ2) is 10.9. The molecule has 1 aromatic heterocycles. The average Bonchev–Trinajstić information content (AvgIpc) is 3.29. The lowest BCUT2D eigenvalue weighted by molar-refractivity contribution is -0.134. The number of benzene rings is 2. The summed E-state index contributed by atoms with van der Waals surface area (Å²) in [6, 6.07) is 16.4. The predicted octanol–water partition coefficient (Wildman–Crippen LogP) is 3.17. The Kier molecular flexibility index (Phi) is 7.47. The van der Waals surface area contributed by atoms with E-state index in [4.69, 9.17) is 4.74 Å². The molecule has 1 unspecified atom stereocenters. The van der Waals surface area contributed by atoms with Crippen molar-refractivity contribution in [3.05, 3.63) is 65.9 Å². The molecule has 2 heterocycles. The number of carbonyl (C=O) groups excluding carboxylic acids is 3. The summed E-state index contributed by atoms with van der Waals surface area (Å²) in [7, 11) is 1.59. The monoisotopic (exact) mass is 462 g/mol. The molecule has 0 spiro atoms. The van der Waals surface area contributed by atoms with Crippen LogP contribution in [-0.2, 0) is 9.59 Å². The molecule has 0 radical (unpaired) electrons. The van der Waals surface area contributed by atoms with Crippen LogP contribution in [0.15, 0.2) is 54.6 Å². The first-order valence-electron chi connectivity index (χ1n) is 11.6. The number of nitrogens with one attached hydrogen (secondary N) is 3. The minimum absolute atomic E-state index is 0.0777. The summed E-state index contributed by atoms with van der Waals surface area (Å²) in [5.74, 6) is 0.0477. The summed E-state index contributed by atoms with van der Waals surface area (Å²) in [5.41, 5.74) is 2.09. The fraction of sp³-hybridized carbons (Fsp3) is 0.346. The van der Waals surface area contributed by atoms with Crippen LogP contribution in [0.1, 0.15) is 47.8 Å². The number of aromatic amines is 1. The molecule has 1 fully saturated rings. The summed E-state index contributed by atoms with van der Waals surface area (Å²) < 4.78 is 5.23. The van der Waals surface area contributed by atoms with Crippen LogP contribution in [0.4, 0.5) is 0 Å². The van der Waals surface area contributed by atoms with E-state index in [1.54, 1.807) is 18.1 Å². The molecule has 8 heteroatoms. The molecule has 8 nitrogen and oxygen atoms in total. The van der Waals surface area contributed by atoms with E-state index in [1.165, 1.54) is 0 Å². The third-order valence-electron chi connectivity index (χ3n) is 6.13. The Hall–Kier alpha value is -3.81. The first-order valence-corrected chi connectivity index (χ1v) is 11.6. The van der Waals surface area contributed by atoms with Gasteiger partial charge in [-0.25, -0.2) is 0 Å². The van der Waals surface area contributed by atoms with Crippen LogP contribution in [0.2, 0.25) is 0 Å². The Morgan fingerprint density at radius 3 is 2.71 bits per heavy atom. The highest BCUT2D eigenvalue weighted by Crippen LogP contribution is 2.26. The third-order valence-corrected chi connectivity index (χ3v) is 6.13. The van der Waals surface area contributed by atoms with Gasteiger partial charge in [-0.15, -0.1) is 0 Å². The van der Waals surface area contributed by atoms with Gasteiger partial charge in [0.2, 0.25) is 11.8 Å². The normalized spacial score (nSPS) is 17.1. The zero-order valence-corrected chi connectivity index (χ0v) is 19.3. The Balaban J connectivity index is 1.49. The number of amides is 3. The van der Waals surface area contributed by atoms with Gasteiger partial charge < -0.3 is 25.3 Å². The molecule has 178 valence electrons. The van der Waals surface area contributed by atoms with Crippen molar-refractivity contribution >= 4 is 28.6 Å². The lowest BCUT2D eigenvalue weighted by atomic mass is 10.00. The lowest BCUT2D eigenvalue weighted by Gasteiger charge is -2.33. The number of rotatable bonds is 5. The molecule has 1 atom stereocenters. The van der Waals surface area contributed by atoms with Crippen molar-refractivity contribution in [2.75, 3.05) is 26.7 Å². The quantitative estimate of drug-likeness (QED) is 0.542.